The molecule has 2 N–H and O–H groups in total. The molecule has 0 amide bonds. The van der Waals surface area contributed by atoms with E-state index < -0.39 is 0 Å². The molecule has 2 aromatic rings. The predicted molar refractivity (Wildman–Crippen MR) is 80.4 cm³/mol. The van der Waals surface area contributed by atoms with E-state index in [0.717, 1.165) is 24.5 Å². The molecule has 5 heteroatoms. The van der Waals surface area contributed by atoms with Crippen molar-refractivity contribution in [1.29, 1.82) is 0 Å². The number of aromatic nitrogens is 1. The number of pyridine rings is 1. The number of anilines is 3. The third-order valence-electron chi connectivity index (χ3n) is 2.50. The lowest BCUT2D eigenvalue weighted by Gasteiger charge is -2.10. The summed E-state index contributed by atoms with van der Waals surface area (Å²) in [6.07, 6.45) is 1.04. The summed E-state index contributed by atoms with van der Waals surface area (Å²) in [5.74, 6) is 1.27. The Bertz CT molecular complexity index is 560. The average molecular weight is 324 g/mol. The quantitative estimate of drug-likeness (QED) is 0.847. The van der Waals surface area contributed by atoms with Crippen molar-refractivity contribution in [2.45, 2.75) is 13.3 Å². The molecular weight excluding hydrogens is 309 g/mol. The molecular formula is C14H15BrFN3. The Kier molecular flexibility index (Phi) is 4.74. The Morgan fingerprint density at radius 1 is 1.21 bits per heavy atom. The predicted octanol–water partition coefficient (Wildman–Crippen LogP) is 4.55. The van der Waals surface area contributed by atoms with E-state index in [1.54, 1.807) is 6.07 Å². The van der Waals surface area contributed by atoms with Crippen molar-refractivity contribution in [3.63, 3.8) is 0 Å². The first-order chi connectivity index (χ1) is 9.19. The van der Waals surface area contributed by atoms with Crippen molar-refractivity contribution in [3.05, 3.63) is 46.7 Å². The van der Waals surface area contributed by atoms with E-state index >= 15 is 0 Å². The Labute approximate surface area is 120 Å². The molecule has 1 aromatic carbocycles. The zero-order valence-electron chi connectivity index (χ0n) is 10.6. The Morgan fingerprint density at radius 3 is 2.74 bits per heavy atom. The van der Waals surface area contributed by atoms with Crippen molar-refractivity contribution in [2.24, 2.45) is 0 Å². The fraction of sp³-hybridized carbons (Fsp3) is 0.214. The standard InChI is InChI=1S/C14H15BrFN3/c1-2-8-17-13-4-3-5-14(19-13)18-12-7-6-10(16)9-11(12)15/h3-7,9H,2,8H2,1H3,(H2,17,18,19). The second-order valence-electron chi connectivity index (χ2n) is 4.08. The molecule has 0 aliphatic rings. The summed E-state index contributed by atoms with van der Waals surface area (Å²) in [5, 5.41) is 6.37. The lowest BCUT2D eigenvalue weighted by molar-refractivity contribution is 0.627. The van der Waals surface area contributed by atoms with Gasteiger partial charge in [-0.15, -0.1) is 0 Å². The van der Waals surface area contributed by atoms with Crippen LogP contribution in [0.5, 0.6) is 0 Å². The fourth-order valence-corrected chi connectivity index (χ4v) is 2.03. The molecule has 0 aliphatic heterocycles. The van der Waals surface area contributed by atoms with E-state index in [4.69, 9.17) is 0 Å². The molecule has 1 aromatic heterocycles. The maximum atomic E-state index is 13.0. The Balaban J connectivity index is 2.14. The van der Waals surface area contributed by atoms with Crippen LogP contribution in [0.1, 0.15) is 13.3 Å². The lowest BCUT2D eigenvalue weighted by atomic mass is 10.3. The van der Waals surface area contributed by atoms with E-state index in [2.05, 4.69) is 38.5 Å². The number of hydrogen-bond donors (Lipinski definition) is 2. The fourth-order valence-electron chi connectivity index (χ4n) is 1.58. The van der Waals surface area contributed by atoms with Crippen molar-refractivity contribution in [2.75, 3.05) is 17.2 Å². The summed E-state index contributed by atoms with van der Waals surface area (Å²) in [5.41, 5.74) is 0.779. The summed E-state index contributed by atoms with van der Waals surface area (Å²) < 4.78 is 13.7. The van der Waals surface area contributed by atoms with Crippen LogP contribution in [0.15, 0.2) is 40.9 Å². The highest BCUT2D eigenvalue weighted by Crippen LogP contribution is 2.26. The van der Waals surface area contributed by atoms with E-state index in [0.29, 0.717) is 10.3 Å². The molecule has 0 saturated carbocycles. The number of halogens is 2. The van der Waals surface area contributed by atoms with Crippen molar-refractivity contribution >= 4 is 33.3 Å². The van der Waals surface area contributed by atoms with Crippen LogP contribution in [0.3, 0.4) is 0 Å². The SMILES string of the molecule is CCCNc1cccc(Nc2ccc(F)cc2Br)n1. The molecule has 0 saturated heterocycles. The molecule has 100 valence electrons. The molecule has 0 aliphatic carbocycles. The van der Waals surface area contributed by atoms with Crippen molar-refractivity contribution in [1.82, 2.24) is 4.98 Å². The molecule has 3 nitrogen and oxygen atoms in total. The van der Waals surface area contributed by atoms with Gasteiger partial charge in [0.25, 0.3) is 0 Å². The summed E-state index contributed by atoms with van der Waals surface area (Å²) >= 11 is 3.32. The largest absolute Gasteiger partial charge is 0.370 e. The van der Waals surface area contributed by atoms with Crippen LogP contribution in [-0.2, 0) is 0 Å². The van der Waals surface area contributed by atoms with Gasteiger partial charge in [0.1, 0.15) is 17.5 Å². The summed E-state index contributed by atoms with van der Waals surface area (Å²) in [7, 11) is 0. The van der Waals surface area contributed by atoms with Gasteiger partial charge in [-0.1, -0.05) is 13.0 Å². The maximum Gasteiger partial charge on any atom is 0.132 e. The second kappa shape index (κ2) is 6.52. The monoisotopic (exact) mass is 323 g/mol. The van der Waals surface area contributed by atoms with Gasteiger partial charge in [-0.05, 0) is 52.7 Å². The first kappa shape index (κ1) is 13.8. The zero-order valence-corrected chi connectivity index (χ0v) is 12.2. The lowest BCUT2D eigenvalue weighted by Crippen LogP contribution is -2.03. The minimum Gasteiger partial charge on any atom is -0.370 e. The van der Waals surface area contributed by atoms with Gasteiger partial charge in [-0.3, -0.25) is 0 Å². The molecule has 19 heavy (non-hydrogen) atoms. The molecule has 0 fully saturated rings. The molecule has 1 heterocycles. The van der Waals surface area contributed by atoms with Gasteiger partial charge < -0.3 is 10.6 Å². The molecule has 0 bridgehead atoms. The number of nitrogens with one attached hydrogen (secondary N) is 2. The number of nitrogens with zero attached hydrogens (tertiary/aromatic N) is 1. The van der Waals surface area contributed by atoms with Crippen LogP contribution in [0.4, 0.5) is 21.7 Å². The van der Waals surface area contributed by atoms with Crippen molar-refractivity contribution < 1.29 is 4.39 Å². The van der Waals surface area contributed by atoms with Crippen LogP contribution in [0.2, 0.25) is 0 Å². The van der Waals surface area contributed by atoms with Crippen molar-refractivity contribution in [3.8, 4) is 0 Å². The average Bonchev–Trinajstić information content (AvgIpc) is 2.40. The van der Waals surface area contributed by atoms with E-state index in [9.17, 15) is 4.39 Å². The van der Waals surface area contributed by atoms with Gasteiger partial charge in [0, 0.05) is 11.0 Å². The van der Waals surface area contributed by atoms with E-state index in [-0.39, 0.29) is 5.82 Å². The number of benzene rings is 1. The third-order valence-corrected chi connectivity index (χ3v) is 3.16. The van der Waals surface area contributed by atoms with E-state index in [1.807, 2.05) is 18.2 Å². The van der Waals surface area contributed by atoms with Gasteiger partial charge >= 0.3 is 0 Å². The summed E-state index contributed by atoms with van der Waals surface area (Å²) in [6.45, 7) is 2.99. The minimum absolute atomic E-state index is 0.274. The first-order valence-electron chi connectivity index (χ1n) is 6.12. The van der Waals surface area contributed by atoms with Gasteiger partial charge in [0.15, 0.2) is 0 Å². The Hall–Kier alpha value is -1.62. The first-order valence-corrected chi connectivity index (χ1v) is 6.91. The highest BCUT2D eigenvalue weighted by molar-refractivity contribution is 9.10. The highest BCUT2D eigenvalue weighted by atomic mass is 79.9. The molecule has 0 spiro atoms. The highest BCUT2D eigenvalue weighted by Gasteiger charge is 2.03. The van der Waals surface area contributed by atoms with Gasteiger partial charge in [0.05, 0.1) is 5.69 Å². The molecule has 0 radical (unpaired) electrons. The van der Waals surface area contributed by atoms with Crippen LogP contribution in [-0.4, -0.2) is 11.5 Å². The van der Waals surface area contributed by atoms with Crippen LogP contribution >= 0.6 is 15.9 Å². The third kappa shape index (κ3) is 3.92. The van der Waals surface area contributed by atoms with Crippen LogP contribution in [0.25, 0.3) is 0 Å². The molecule has 2 rings (SSSR count). The summed E-state index contributed by atoms with van der Waals surface area (Å²) in [6, 6.07) is 10.2. The number of rotatable bonds is 5. The van der Waals surface area contributed by atoms with Crippen LogP contribution < -0.4 is 10.6 Å². The normalized spacial score (nSPS) is 10.3. The molecule has 0 atom stereocenters. The van der Waals surface area contributed by atoms with Gasteiger partial charge in [0.2, 0.25) is 0 Å². The van der Waals surface area contributed by atoms with E-state index in [1.165, 1.54) is 12.1 Å². The number of hydrogen-bond acceptors (Lipinski definition) is 3. The summed E-state index contributed by atoms with van der Waals surface area (Å²) in [4.78, 5) is 4.43. The van der Waals surface area contributed by atoms with Crippen LogP contribution in [0, 0.1) is 5.82 Å². The Morgan fingerprint density at radius 2 is 2.00 bits per heavy atom. The van der Waals surface area contributed by atoms with Gasteiger partial charge in [-0.25, -0.2) is 9.37 Å². The zero-order chi connectivity index (χ0) is 13.7. The minimum atomic E-state index is -0.274. The molecule has 0 unspecified atom stereocenters. The smallest absolute Gasteiger partial charge is 0.132 e. The van der Waals surface area contributed by atoms with Gasteiger partial charge in [-0.2, -0.15) is 0 Å². The maximum absolute atomic E-state index is 13.0. The topological polar surface area (TPSA) is 37.0 Å². The second-order valence-corrected chi connectivity index (χ2v) is 4.94.